The Morgan fingerprint density at radius 2 is 2.05 bits per heavy atom. The molecule has 0 saturated heterocycles. The van der Waals surface area contributed by atoms with Gasteiger partial charge < -0.3 is 15.1 Å². The van der Waals surface area contributed by atoms with Crippen LogP contribution in [-0.4, -0.2) is 11.9 Å². The third-order valence-electron chi connectivity index (χ3n) is 2.96. The number of nitrogens with one attached hydrogen (secondary N) is 1. The summed E-state index contributed by atoms with van der Waals surface area (Å²) in [7, 11) is 0. The zero-order chi connectivity index (χ0) is 15.4. The maximum atomic E-state index is 13.4. The topological polar surface area (TPSA) is 58.9 Å². The van der Waals surface area contributed by atoms with E-state index in [1.54, 1.807) is 24.4 Å². The lowest BCUT2D eigenvalue weighted by Gasteiger charge is -2.11. The molecular weight excluding hydrogens is 285 g/mol. The predicted molar refractivity (Wildman–Crippen MR) is 68.7 cm³/mol. The number of anilines is 1. The predicted octanol–water partition coefficient (Wildman–Crippen LogP) is 1.79. The van der Waals surface area contributed by atoms with Gasteiger partial charge in [-0.25, -0.2) is 13.2 Å². The van der Waals surface area contributed by atoms with Gasteiger partial charge in [-0.15, -0.1) is 0 Å². The molecule has 1 aromatic heterocycles. The van der Waals surface area contributed by atoms with E-state index in [-0.39, 0.29) is 0 Å². The number of halogens is 3. The highest BCUT2D eigenvalue weighted by Gasteiger charge is 2.20. The Balaban J connectivity index is 1.96. The van der Waals surface area contributed by atoms with Gasteiger partial charge in [0.25, 0.3) is 5.91 Å². The molecule has 7 heteroatoms. The summed E-state index contributed by atoms with van der Waals surface area (Å²) in [5.41, 5.74) is -0.392. The molecule has 21 heavy (non-hydrogen) atoms. The zero-order valence-corrected chi connectivity index (χ0v) is 11.2. The average Bonchev–Trinajstić information content (AvgIpc) is 2.98. The van der Waals surface area contributed by atoms with Crippen LogP contribution in [0.3, 0.4) is 0 Å². The molecule has 1 heterocycles. The van der Waals surface area contributed by atoms with E-state index in [0.717, 1.165) is 12.1 Å². The van der Waals surface area contributed by atoms with Crippen molar-refractivity contribution in [1.82, 2.24) is 0 Å². The second kappa shape index (κ2) is 6.45. The number of furan rings is 1. The van der Waals surface area contributed by atoms with Gasteiger partial charge in [0.15, 0.2) is 29.3 Å². The van der Waals surface area contributed by atoms with Gasteiger partial charge in [-0.1, -0.05) is 0 Å². The molecule has 0 saturated carbocycles. The maximum Gasteiger partial charge on any atom is 0.282 e. The van der Waals surface area contributed by atoms with E-state index in [9.17, 15) is 18.0 Å². The fourth-order valence-electron chi connectivity index (χ4n) is 1.70. The van der Waals surface area contributed by atoms with Crippen LogP contribution >= 0.6 is 0 Å². The van der Waals surface area contributed by atoms with Crippen LogP contribution in [0.4, 0.5) is 18.9 Å². The van der Waals surface area contributed by atoms with E-state index in [1.807, 2.05) is 0 Å². The molecule has 4 nitrogen and oxygen atoms in total. The summed E-state index contributed by atoms with van der Waals surface area (Å²) in [6.07, 6.45) is 1.52. The van der Waals surface area contributed by atoms with Gasteiger partial charge in [-0.2, -0.15) is 0 Å². The lowest BCUT2D eigenvalue weighted by Crippen LogP contribution is -2.90. The number of carbonyl (C=O) groups is 1. The number of hydrogen-bond acceptors (Lipinski definition) is 2. The van der Waals surface area contributed by atoms with Crippen molar-refractivity contribution in [3.05, 3.63) is 53.7 Å². The minimum atomic E-state index is -1.61. The van der Waals surface area contributed by atoms with Gasteiger partial charge >= 0.3 is 0 Å². The van der Waals surface area contributed by atoms with Crippen LogP contribution in [0, 0.1) is 17.5 Å². The van der Waals surface area contributed by atoms with Crippen LogP contribution in [0.2, 0.25) is 0 Å². The van der Waals surface area contributed by atoms with Crippen molar-refractivity contribution in [3.63, 3.8) is 0 Å². The summed E-state index contributed by atoms with van der Waals surface area (Å²) >= 11 is 0. The molecule has 0 bridgehead atoms. The van der Waals surface area contributed by atoms with Gasteiger partial charge in [0.1, 0.15) is 6.54 Å². The van der Waals surface area contributed by atoms with Gasteiger partial charge in [0.2, 0.25) is 0 Å². The summed E-state index contributed by atoms with van der Waals surface area (Å²) in [5, 5.41) is 3.90. The molecule has 1 atom stereocenters. The number of hydrogen-bond donors (Lipinski definition) is 2. The molecule has 1 aromatic carbocycles. The fraction of sp³-hybridized carbons (Fsp3) is 0.214. The lowest BCUT2D eigenvalue weighted by atomic mass is 10.2. The van der Waals surface area contributed by atoms with Crippen molar-refractivity contribution in [3.8, 4) is 0 Å². The summed E-state index contributed by atoms with van der Waals surface area (Å²) in [6.45, 7) is 2.04. The number of quaternary nitrogens is 1. The Hall–Kier alpha value is -2.28. The zero-order valence-electron chi connectivity index (χ0n) is 11.2. The van der Waals surface area contributed by atoms with Crippen LogP contribution in [0.1, 0.15) is 12.7 Å². The minimum absolute atomic E-state index is 0.392. The van der Waals surface area contributed by atoms with Crippen molar-refractivity contribution in [2.24, 2.45) is 0 Å². The van der Waals surface area contributed by atoms with Gasteiger partial charge in [0, 0.05) is 0 Å². The van der Waals surface area contributed by atoms with Gasteiger partial charge in [0.05, 0.1) is 12.0 Å². The first-order valence-corrected chi connectivity index (χ1v) is 6.29. The summed E-state index contributed by atoms with van der Waals surface area (Å²) in [4.78, 5) is 11.9. The quantitative estimate of drug-likeness (QED) is 0.827. The van der Waals surface area contributed by atoms with Crippen molar-refractivity contribution in [1.29, 1.82) is 0 Å². The molecule has 2 rings (SSSR count). The van der Waals surface area contributed by atoms with Crippen molar-refractivity contribution < 1.29 is 27.7 Å². The molecular formula is C14H14F3N2O2+. The molecule has 112 valence electrons. The Labute approximate surface area is 119 Å². The molecule has 2 aromatic rings. The lowest BCUT2D eigenvalue weighted by molar-refractivity contribution is -0.690. The Morgan fingerprint density at radius 1 is 1.29 bits per heavy atom. The molecule has 0 spiro atoms. The highest BCUT2D eigenvalue weighted by atomic mass is 19.2. The first kappa shape index (κ1) is 15.1. The number of benzene rings is 1. The molecule has 0 unspecified atom stereocenters. The van der Waals surface area contributed by atoms with E-state index >= 15 is 0 Å². The first-order valence-electron chi connectivity index (χ1n) is 6.29. The van der Waals surface area contributed by atoms with Crippen LogP contribution in [-0.2, 0) is 11.3 Å². The van der Waals surface area contributed by atoms with Crippen LogP contribution in [0.25, 0.3) is 0 Å². The average molecular weight is 299 g/mol. The van der Waals surface area contributed by atoms with Crippen LogP contribution in [0.5, 0.6) is 0 Å². The summed E-state index contributed by atoms with van der Waals surface area (Å²) in [6, 6.07) is 4.67. The Bertz CT molecular complexity index is 629. The van der Waals surface area contributed by atoms with Crippen LogP contribution < -0.4 is 10.6 Å². The van der Waals surface area contributed by atoms with Crippen molar-refractivity contribution in [2.75, 3.05) is 5.32 Å². The van der Waals surface area contributed by atoms with E-state index in [2.05, 4.69) is 5.32 Å². The monoisotopic (exact) mass is 299 g/mol. The number of nitrogens with two attached hydrogens (primary N) is 1. The van der Waals surface area contributed by atoms with Gasteiger partial charge in [-0.3, -0.25) is 4.79 Å². The van der Waals surface area contributed by atoms with E-state index in [1.165, 1.54) is 6.26 Å². The van der Waals surface area contributed by atoms with E-state index < -0.39 is 35.1 Å². The van der Waals surface area contributed by atoms with Crippen molar-refractivity contribution >= 4 is 11.6 Å². The standard InChI is InChI=1S/C14H13F3N2O2/c1-8(18-7-9-3-2-6-21-9)14(20)19-11-5-4-10(15)12(16)13(11)17/h2-6,8,18H,7H2,1H3,(H,19,20)/p+1/t8-/m1/s1. The highest BCUT2D eigenvalue weighted by molar-refractivity contribution is 5.93. The number of amides is 1. The van der Waals surface area contributed by atoms with E-state index in [4.69, 9.17) is 4.42 Å². The smallest absolute Gasteiger partial charge is 0.282 e. The SMILES string of the molecule is C[C@@H]([NH2+]Cc1ccco1)C(=O)Nc1ccc(F)c(F)c1F. The second-order valence-electron chi connectivity index (χ2n) is 4.52. The second-order valence-corrected chi connectivity index (χ2v) is 4.52. The third-order valence-corrected chi connectivity index (χ3v) is 2.96. The normalized spacial score (nSPS) is 12.2. The van der Waals surface area contributed by atoms with Crippen LogP contribution in [0.15, 0.2) is 34.9 Å². The summed E-state index contributed by atoms with van der Waals surface area (Å²) in [5.74, 6) is -4.16. The first-order chi connectivity index (χ1) is 9.99. The molecule has 0 fully saturated rings. The van der Waals surface area contributed by atoms with Crippen molar-refractivity contribution in [2.45, 2.75) is 19.5 Å². The third kappa shape index (κ3) is 3.63. The Morgan fingerprint density at radius 3 is 2.71 bits per heavy atom. The molecule has 0 aliphatic heterocycles. The van der Waals surface area contributed by atoms with Gasteiger partial charge in [-0.05, 0) is 31.2 Å². The molecule has 0 aliphatic rings. The molecule has 0 aliphatic carbocycles. The van der Waals surface area contributed by atoms with E-state index in [0.29, 0.717) is 12.3 Å². The minimum Gasteiger partial charge on any atom is -0.463 e. The fourth-order valence-corrected chi connectivity index (χ4v) is 1.70. The maximum absolute atomic E-state index is 13.4. The Kier molecular flexibility index (Phi) is 4.64. The summed E-state index contributed by atoms with van der Waals surface area (Å²) < 4.78 is 44.4. The molecule has 0 radical (unpaired) electrons. The number of carbonyl (C=O) groups excluding carboxylic acids is 1. The largest absolute Gasteiger partial charge is 0.463 e. The number of rotatable bonds is 5. The molecule has 1 amide bonds. The highest BCUT2D eigenvalue weighted by Crippen LogP contribution is 2.19. The molecule has 3 N–H and O–H groups in total.